The van der Waals surface area contributed by atoms with E-state index in [4.69, 9.17) is 4.74 Å². The van der Waals surface area contributed by atoms with E-state index in [0.717, 1.165) is 24.0 Å². The highest BCUT2D eigenvalue weighted by Gasteiger charge is 2.07. The summed E-state index contributed by atoms with van der Waals surface area (Å²) >= 11 is 0. The zero-order valence-corrected chi connectivity index (χ0v) is 13.1. The van der Waals surface area contributed by atoms with Gasteiger partial charge in [0.15, 0.2) is 0 Å². The molecule has 1 amide bonds. The van der Waals surface area contributed by atoms with Crippen LogP contribution in [0, 0.1) is 0 Å². The highest BCUT2D eigenvalue weighted by atomic mass is 16.5. The first-order valence-electron chi connectivity index (χ1n) is 7.56. The number of amides is 1. The van der Waals surface area contributed by atoms with Crippen molar-refractivity contribution >= 4 is 5.91 Å². The molecule has 4 nitrogen and oxygen atoms in total. The number of carbonyl (C=O) groups is 1. The van der Waals surface area contributed by atoms with Gasteiger partial charge >= 0.3 is 0 Å². The van der Waals surface area contributed by atoms with Crippen LogP contribution in [0.5, 0.6) is 0 Å². The Kier molecular flexibility index (Phi) is 6.10. The molecule has 0 atom stereocenters. The SMILES string of the molecule is CCc1ccc(-c2cncc(C(=O)NCCCOC)c2)cc1. The van der Waals surface area contributed by atoms with Gasteiger partial charge in [-0.3, -0.25) is 9.78 Å². The standard InChI is InChI=1S/C18H22N2O2/c1-3-14-5-7-15(8-6-14)16-11-17(13-19-12-16)18(21)20-9-4-10-22-2/h5-8,11-13H,3-4,9-10H2,1-2H3,(H,20,21). The fourth-order valence-corrected chi connectivity index (χ4v) is 2.18. The molecule has 2 rings (SSSR count). The summed E-state index contributed by atoms with van der Waals surface area (Å²) in [6.45, 7) is 3.37. The van der Waals surface area contributed by atoms with E-state index in [9.17, 15) is 4.79 Å². The first-order chi connectivity index (χ1) is 10.7. The number of rotatable bonds is 7. The molecule has 0 bridgehead atoms. The Morgan fingerprint density at radius 3 is 2.64 bits per heavy atom. The van der Waals surface area contributed by atoms with Gasteiger partial charge in [-0.2, -0.15) is 0 Å². The van der Waals surface area contributed by atoms with E-state index < -0.39 is 0 Å². The first-order valence-corrected chi connectivity index (χ1v) is 7.56. The zero-order chi connectivity index (χ0) is 15.8. The zero-order valence-electron chi connectivity index (χ0n) is 13.1. The number of ether oxygens (including phenoxy) is 1. The molecule has 1 N–H and O–H groups in total. The second-order valence-corrected chi connectivity index (χ2v) is 5.12. The molecule has 0 fully saturated rings. The summed E-state index contributed by atoms with van der Waals surface area (Å²) < 4.78 is 4.96. The third-order valence-electron chi connectivity index (χ3n) is 3.51. The number of aryl methyl sites for hydroxylation is 1. The summed E-state index contributed by atoms with van der Waals surface area (Å²) in [5.74, 6) is -0.101. The third-order valence-corrected chi connectivity index (χ3v) is 3.51. The van der Waals surface area contributed by atoms with Crippen LogP contribution in [0.1, 0.15) is 29.3 Å². The van der Waals surface area contributed by atoms with Gasteiger partial charge in [0.2, 0.25) is 0 Å². The van der Waals surface area contributed by atoms with Crippen molar-refractivity contribution in [3.63, 3.8) is 0 Å². The lowest BCUT2D eigenvalue weighted by Gasteiger charge is -2.07. The lowest BCUT2D eigenvalue weighted by Crippen LogP contribution is -2.25. The molecule has 0 radical (unpaired) electrons. The van der Waals surface area contributed by atoms with Crippen molar-refractivity contribution in [1.82, 2.24) is 10.3 Å². The number of nitrogens with one attached hydrogen (secondary N) is 1. The van der Waals surface area contributed by atoms with Gasteiger partial charge in [-0.25, -0.2) is 0 Å². The molecule has 0 saturated heterocycles. The summed E-state index contributed by atoms with van der Waals surface area (Å²) in [6.07, 6.45) is 5.19. The molecule has 4 heteroatoms. The van der Waals surface area contributed by atoms with Gasteiger partial charge in [0.25, 0.3) is 5.91 Å². The largest absolute Gasteiger partial charge is 0.385 e. The number of benzene rings is 1. The van der Waals surface area contributed by atoms with Crippen LogP contribution < -0.4 is 5.32 Å². The lowest BCUT2D eigenvalue weighted by molar-refractivity contribution is 0.0948. The number of nitrogens with zero attached hydrogens (tertiary/aromatic N) is 1. The molecule has 0 aliphatic rings. The van der Waals surface area contributed by atoms with Crippen LogP contribution in [0.2, 0.25) is 0 Å². The average molecular weight is 298 g/mol. The topological polar surface area (TPSA) is 51.2 Å². The van der Waals surface area contributed by atoms with Crippen LogP contribution in [-0.2, 0) is 11.2 Å². The predicted molar refractivity (Wildman–Crippen MR) is 87.9 cm³/mol. The van der Waals surface area contributed by atoms with Gasteiger partial charge in [0, 0.05) is 38.2 Å². The summed E-state index contributed by atoms with van der Waals surface area (Å²) in [5, 5.41) is 2.87. The molecular formula is C18H22N2O2. The lowest BCUT2D eigenvalue weighted by atomic mass is 10.0. The van der Waals surface area contributed by atoms with Gasteiger partial charge in [0.1, 0.15) is 0 Å². The van der Waals surface area contributed by atoms with Crippen molar-refractivity contribution in [2.45, 2.75) is 19.8 Å². The number of carbonyl (C=O) groups excluding carboxylic acids is 1. The molecule has 2 aromatic rings. The molecule has 0 saturated carbocycles. The van der Waals surface area contributed by atoms with Crippen LogP contribution in [-0.4, -0.2) is 31.2 Å². The van der Waals surface area contributed by atoms with E-state index in [1.54, 1.807) is 19.5 Å². The minimum absolute atomic E-state index is 0.101. The second-order valence-electron chi connectivity index (χ2n) is 5.12. The van der Waals surface area contributed by atoms with E-state index in [2.05, 4.69) is 41.5 Å². The predicted octanol–water partition coefficient (Wildman–Crippen LogP) is 3.08. The molecule has 0 spiro atoms. The molecule has 0 aliphatic heterocycles. The van der Waals surface area contributed by atoms with Crippen molar-refractivity contribution in [2.24, 2.45) is 0 Å². The van der Waals surface area contributed by atoms with Crippen LogP contribution in [0.4, 0.5) is 0 Å². The molecule has 116 valence electrons. The van der Waals surface area contributed by atoms with E-state index >= 15 is 0 Å². The molecule has 1 aromatic heterocycles. The maximum absolute atomic E-state index is 12.1. The first kappa shape index (κ1) is 16.2. The smallest absolute Gasteiger partial charge is 0.252 e. The van der Waals surface area contributed by atoms with E-state index in [-0.39, 0.29) is 5.91 Å². The number of hydrogen-bond donors (Lipinski definition) is 1. The van der Waals surface area contributed by atoms with Gasteiger partial charge in [0.05, 0.1) is 5.56 Å². The van der Waals surface area contributed by atoms with Gasteiger partial charge in [-0.05, 0) is 30.0 Å². The van der Waals surface area contributed by atoms with Crippen LogP contribution in [0.3, 0.4) is 0 Å². The highest BCUT2D eigenvalue weighted by molar-refractivity contribution is 5.95. The Labute approximate surface area is 131 Å². The quantitative estimate of drug-likeness (QED) is 0.799. The Hall–Kier alpha value is -2.20. The van der Waals surface area contributed by atoms with Crippen molar-refractivity contribution in [1.29, 1.82) is 0 Å². The van der Waals surface area contributed by atoms with Crippen molar-refractivity contribution in [3.8, 4) is 11.1 Å². The Morgan fingerprint density at radius 2 is 1.95 bits per heavy atom. The monoisotopic (exact) mass is 298 g/mol. The summed E-state index contributed by atoms with van der Waals surface area (Å²) in [4.78, 5) is 16.3. The highest BCUT2D eigenvalue weighted by Crippen LogP contribution is 2.20. The average Bonchev–Trinajstić information content (AvgIpc) is 2.59. The fraction of sp³-hybridized carbons (Fsp3) is 0.333. The number of aromatic nitrogens is 1. The molecular weight excluding hydrogens is 276 g/mol. The van der Waals surface area contributed by atoms with Gasteiger partial charge in [-0.15, -0.1) is 0 Å². The van der Waals surface area contributed by atoms with E-state index in [1.807, 2.05) is 6.07 Å². The Morgan fingerprint density at radius 1 is 1.18 bits per heavy atom. The van der Waals surface area contributed by atoms with Crippen molar-refractivity contribution in [3.05, 3.63) is 53.9 Å². The Balaban J connectivity index is 2.06. The summed E-state index contributed by atoms with van der Waals surface area (Å²) in [7, 11) is 1.65. The minimum atomic E-state index is -0.101. The summed E-state index contributed by atoms with van der Waals surface area (Å²) in [6, 6.07) is 10.2. The van der Waals surface area contributed by atoms with Gasteiger partial charge < -0.3 is 10.1 Å². The summed E-state index contributed by atoms with van der Waals surface area (Å²) in [5.41, 5.74) is 3.89. The van der Waals surface area contributed by atoms with E-state index in [1.165, 1.54) is 5.56 Å². The maximum Gasteiger partial charge on any atom is 0.252 e. The van der Waals surface area contributed by atoms with Crippen LogP contribution in [0.25, 0.3) is 11.1 Å². The van der Waals surface area contributed by atoms with Crippen molar-refractivity contribution < 1.29 is 9.53 Å². The Bertz CT molecular complexity index is 609. The molecule has 1 heterocycles. The third kappa shape index (κ3) is 4.40. The molecule has 0 aliphatic carbocycles. The minimum Gasteiger partial charge on any atom is -0.385 e. The van der Waals surface area contributed by atoms with E-state index in [0.29, 0.717) is 18.7 Å². The molecule has 1 aromatic carbocycles. The maximum atomic E-state index is 12.1. The second kappa shape index (κ2) is 8.29. The number of methoxy groups -OCH3 is 1. The molecule has 0 unspecified atom stereocenters. The number of hydrogen-bond acceptors (Lipinski definition) is 3. The van der Waals surface area contributed by atoms with Gasteiger partial charge in [-0.1, -0.05) is 31.2 Å². The normalized spacial score (nSPS) is 10.5. The van der Waals surface area contributed by atoms with Crippen molar-refractivity contribution in [2.75, 3.05) is 20.3 Å². The number of pyridine rings is 1. The fourth-order valence-electron chi connectivity index (χ4n) is 2.18. The van der Waals surface area contributed by atoms with Crippen LogP contribution >= 0.6 is 0 Å². The molecule has 22 heavy (non-hydrogen) atoms. The van der Waals surface area contributed by atoms with Crippen LogP contribution in [0.15, 0.2) is 42.7 Å².